The molecule has 0 bridgehead atoms. The number of halogens is 1. The molecule has 0 aliphatic carbocycles. The third-order valence-electron chi connectivity index (χ3n) is 1.63. The smallest absolute Gasteiger partial charge is 0.316 e. The number of hydrogen-bond donors (Lipinski definition) is 1. The van der Waals surface area contributed by atoms with Gasteiger partial charge in [-0.2, -0.15) is 0 Å². The molecule has 0 aliphatic rings. The number of carbonyl (C=O) groups excluding carboxylic acids is 1. The zero-order chi connectivity index (χ0) is 13.1. The lowest BCUT2D eigenvalue weighted by Gasteiger charge is -2.19. The lowest BCUT2D eigenvalue weighted by atomic mass is 10.2. The zero-order valence-electron chi connectivity index (χ0n) is 9.99. The van der Waals surface area contributed by atoms with E-state index in [2.05, 4.69) is 20.9 Å². The van der Waals surface area contributed by atoms with Gasteiger partial charge in [0.25, 0.3) is 0 Å². The predicted molar refractivity (Wildman–Crippen MR) is 72.9 cm³/mol. The first-order valence-electron chi connectivity index (χ1n) is 5.03. The lowest BCUT2D eigenvalue weighted by molar-refractivity contribution is -0.151. The molecular weight excluding hydrogens is 304 g/mol. The van der Waals surface area contributed by atoms with E-state index in [0.29, 0.717) is 5.69 Å². The Hall–Kier alpha value is -0.750. The van der Waals surface area contributed by atoms with Gasteiger partial charge in [0.05, 0.1) is 22.1 Å². The molecule has 0 radical (unpaired) electrons. The fourth-order valence-electron chi connectivity index (χ4n) is 1.09. The molecule has 0 fully saturated rings. The normalized spacial score (nSPS) is 11.3. The molecule has 0 spiro atoms. The first-order chi connectivity index (χ1) is 7.79. The van der Waals surface area contributed by atoms with Crippen molar-refractivity contribution in [1.29, 1.82) is 0 Å². The molecule has 1 aromatic rings. The number of rotatable bonds is 3. The molecule has 2 N–H and O–H groups in total. The SMILES string of the molecule is CC(C)(C)OC(=O)CSc1c(N)cncc1Br. The highest BCUT2D eigenvalue weighted by Gasteiger charge is 2.17. The molecule has 0 amide bonds. The van der Waals surface area contributed by atoms with E-state index in [1.54, 1.807) is 12.4 Å². The topological polar surface area (TPSA) is 65.2 Å². The highest BCUT2D eigenvalue weighted by molar-refractivity contribution is 9.10. The van der Waals surface area contributed by atoms with Crippen molar-refractivity contribution in [3.63, 3.8) is 0 Å². The molecule has 0 saturated heterocycles. The first kappa shape index (κ1) is 14.3. The van der Waals surface area contributed by atoms with E-state index in [9.17, 15) is 4.79 Å². The fourth-order valence-corrected chi connectivity index (χ4v) is 2.51. The van der Waals surface area contributed by atoms with Crippen LogP contribution in [-0.2, 0) is 9.53 Å². The minimum absolute atomic E-state index is 0.226. The molecule has 4 nitrogen and oxygen atoms in total. The summed E-state index contributed by atoms with van der Waals surface area (Å²) in [7, 11) is 0. The average Bonchev–Trinajstić information content (AvgIpc) is 2.14. The predicted octanol–water partition coefficient (Wildman–Crippen LogP) is 2.86. The van der Waals surface area contributed by atoms with Gasteiger partial charge in [-0.25, -0.2) is 0 Å². The Kier molecular flexibility index (Phi) is 4.82. The molecule has 17 heavy (non-hydrogen) atoms. The Bertz CT molecular complexity index is 398. The van der Waals surface area contributed by atoms with Crippen molar-refractivity contribution in [3.05, 3.63) is 16.9 Å². The van der Waals surface area contributed by atoms with Crippen LogP contribution in [0.15, 0.2) is 21.8 Å². The molecule has 1 rings (SSSR count). The van der Waals surface area contributed by atoms with E-state index >= 15 is 0 Å². The molecule has 94 valence electrons. The highest BCUT2D eigenvalue weighted by Crippen LogP contribution is 2.31. The van der Waals surface area contributed by atoms with Crippen LogP contribution in [0.25, 0.3) is 0 Å². The summed E-state index contributed by atoms with van der Waals surface area (Å²) in [5, 5.41) is 0. The number of ether oxygens (including phenoxy) is 1. The number of thioether (sulfide) groups is 1. The van der Waals surface area contributed by atoms with Crippen molar-refractivity contribution in [2.24, 2.45) is 0 Å². The van der Waals surface area contributed by atoms with Crippen LogP contribution in [0.4, 0.5) is 5.69 Å². The second kappa shape index (κ2) is 5.73. The maximum Gasteiger partial charge on any atom is 0.316 e. The Labute approximate surface area is 113 Å². The Morgan fingerprint density at radius 3 is 2.71 bits per heavy atom. The number of carbonyl (C=O) groups is 1. The van der Waals surface area contributed by atoms with Crippen LogP contribution in [0.2, 0.25) is 0 Å². The van der Waals surface area contributed by atoms with Gasteiger partial charge in [0, 0.05) is 11.1 Å². The number of nitrogens with two attached hydrogens (primary N) is 1. The van der Waals surface area contributed by atoms with Gasteiger partial charge in [0.2, 0.25) is 0 Å². The summed E-state index contributed by atoms with van der Waals surface area (Å²) < 4.78 is 5.99. The number of hydrogen-bond acceptors (Lipinski definition) is 5. The van der Waals surface area contributed by atoms with Crippen LogP contribution in [0, 0.1) is 0 Å². The molecule has 0 unspecified atom stereocenters. The molecule has 6 heteroatoms. The molecular formula is C11H15BrN2O2S. The van der Waals surface area contributed by atoms with Gasteiger partial charge in [0.15, 0.2) is 0 Å². The standard InChI is InChI=1S/C11H15BrN2O2S/c1-11(2,3)16-9(15)6-17-10-7(12)4-14-5-8(10)13/h4-5H,6,13H2,1-3H3. The number of nitrogens with zero attached hydrogens (tertiary/aromatic N) is 1. The minimum atomic E-state index is -0.460. The van der Waals surface area contributed by atoms with Crippen molar-refractivity contribution < 1.29 is 9.53 Å². The van der Waals surface area contributed by atoms with Gasteiger partial charge in [0.1, 0.15) is 5.60 Å². The minimum Gasteiger partial charge on any atom is -0.459 e. The summed E-state index contributed by atoms with van der Waals surface area (Å²) in [5.41, 5.74) is 5.86. The number of pyridine rings is 1. The van der Waals surface area contributed by atoms with E-state index in [-0.39, 0.29) is 11.7 Å². The van der Waals surface area contributed by atoms with Gasteiger partial charge in [-0.3, -0.25) is 9.78 Å². The summed E-state index contributed by atoms with van der Waals surface area (Å²) in [6, 6.07) is 0. The van der Waals surface area contributed by atoms with Crippen molar-refractivity contribution >= 4 is 39.3 Å². The number of esters is 1. The summed E-state index contributed by atoms with van der Waals surface area (Å²) in [5.74, 6) is -0.0324. The number of anilines is 1. The van der Waals surface area contributed by atoms with Gasteiger partial charge in [-0.1, -0.05) is 0 Å². The van der Waals surface area contributed by atoms with Crippen molar-refractivity contribution in [2.75, 3.05) is 11.5 Å². The zero-order valence-corrected chi connectivity index (χ0v) is 12.4. The molecule has 1 aromatic heterocycles. The highest BCUT2D eigenvalue weighted by atomic mass is 79.9. The van der Waals surface area contributed by atoms with Gasteiger partial charge >= 0.3 is 5.97 Å². The van der Waals surface area contributed by atoms with E-state index in [4.69, 9.17) is 10.5 Å². The molecule has 0 aromatic carbocycles. The third kappa shape index (κ3) is 4.95. The van der Waals surface area contributed by atoms with Crippen LogP contribution in [0.1, 0.15) is 20.8 Å². The Morgan fingerprint density at radius 2 is 2.18 bits per heavy atom. The maximum atomic E-state index is 11.5. The summed E-state index contributed by atoms with van der Waals surface area (Å²) in [4.78, 5) is 16.3. The maximum absolute atomic E-state index is 11.5. The van der Waals surface area contributed by atoms with Crippen molar-refractivity contribution in [2.45, 2.75) is 31.3 Å². The monoisotopic (exact) mass is 318 g/mol. The largest absolute Gasteiger partial charge is 0.459 e. The fraction of sp³-hybridized carbons (Fsp3) is 0.455. The lowest BCUT2D eigenvalue weighted by Crippen LogP contribution is -2.24. The van der Waals surface area contributed by atoms with Gasteiger partial charge < -0.3 is 10.5 Å². The molecule has 0 saturated carbocycles. The average molecular weight is 319 g/mol. The van der Waals surface area contributed by atoms with Crippen LogP contribution >= 0.6 is 27.7 Å². The molecule has 0 atom stereocenters. The molecule has 1 heterocycles. The van der Waals surface area contributed by atoms with E-state index < -0.39 is 5.60 Å². The van der Waals surface area contributed by atoms with Gasteiger partial charge in [-0.05, 0) is 36.7 Å². The van der Waals surface area contributed by atoms with Crippen LogP contribution < -0.4 is 5.73 Å². The third-order valence-corrected chi connectivity index (χ3v) is 3.62. The Morgan fingerprint density at radius 1 is 1.53 bits per heavy atom. The summed E-state index contributed by atoms with van der Waals surface area (Å²) in [6.45, 7) is 5.52. The van der Waals surface area contributed by atoms with Crippen molar-refractivity contribution in [1.82, 2.24) is 4.98 Å². The number of aromatic nitrogens is 1. The van der Waals surface area contributed by atoms with Crippen LogP contribution in [0.3, 0.4) is 0 Å². The Balaban J connectivity index is 2.59. The van der Waals surface area contributed by atoms with Crippen LogP contribution in [0.5, 0.6) is 0 Å². The van der Waals surface area contributed by atoms with Gasteiger partial charge in [-0.15, -0.1) is 11.8 Å². The second-order valence-corrected chi connectivity index (χ2v) is 6.25. The summed E-state index contributed by atoms with van der Waals surface area (Å²) >= 11 is 4.68. The summed E-state index contributed by atoms with van der Waals surface area (Å²) in [6.07, 6.45) is 3.20. The van der Waals surface area contributed by atoms with E-state index in [1.165, 1.54) is 11.8 Å². The quantitative estimate of drug-likeness (QED) is 0.685. The number of nitrogen functional groups attached to an aromatic ring is 1. The molecule has 0 aliphatic heterocycles. The van der Waals surface area contributed by atoms with E-state index in [0.717, 1.165) is 9.37 Å². The van der Waals surface area contributed by atoms with Crippen LogP contribution in [-0.4, -0.2) is 22.3 Å². The van der Waals surface area contributed by atoms with E-state index in [1.807, 2.05) is 20.8 Å². The van der Waals surface area contributed by atoms with Crippen molar-refractivity contribution in [3.8, 4) is 0 Å². The first-order valence-corrected chi connectivity index (χ1v) is 6.81. The second-order valence-electron chi connectivity index (χ2n) is 4.41.